The van der Waals surface area contributed by atoms with Gasteiger partial charge in [0.25, 0.3) is 0 Å². The van der Waals surface area contributed by atoms with Crippen LogP contribution in [0.25, 0.3) is 0 Å². The van der Waals surface area contributed by atoms with Gasteiger partial charge in [0.15, 0.2) is 0 Å². The second-order valence-corrected chi connectivity index (χ2v) is 4.98. The van der Waals surface area contributed by atoms with Crippen molar-refractivity contribution in [3.05, 3.63) is 34.9 Å². The molecule has 1 saturated heterocycles. The summed E-state index contributed by atoms with van der Waals surface area (Å²) in [6.07, 6.45) is 3.11. The first-order chi connectivity index (χ1) is 7.68. The number of rotatable bonds is 2. The predicted molar refractivity (Wildman–Crippen MR) is 73.9 cm³/mol. The van der Waals surface area contributed by atoms with E-state index in [-0.39, 0.29) is 18.4 Å². The molecule has 0 radical (unpaired) electrons. The van der Waals surface area contributed by atoms with Gasteiger partial charge in [0.2, 0.25) is 0 Å². The maximum Gasteiger partial charge on any atom is 0.0945 e. The molecule has 1 aromatic rings. The van der Waals surface area contributed by atoms with Gasteiger partial charge in [-0.25, -0.2) is 0 Å². The molecular formula is C13H19Cl2NO. The number of hydrogen-bond acceptors (Lipinski definition) is 2. The van der Waals surface area contributed by atoms with Gasteiger partial charge >= 0.3 is 0 Å². The zero-order valence-electron chi connectivity index (χ0n) is 9.97. The number of benzene rings is 1. The van der Waals surface area contributed by atoms with Gasteiger partial charge in [0.05, 0.1) is 6.10 Å². The van der Waals surface area contributed by atoms with E-state index in [0.717, 1.165) is 18.5 Å². The minimum Gasteiger partial charge on any atom is -0.387 e. The summed E-state index contributed by atoms with van der Waals surface area (Å²) >= 11 is 5.84. The van der Waals surface area contributed by atoms with Crippen LogP contribution in [0.1, 0.15) is 30.9 Å². The number of aliphatic hydroxyl groups is 1. The molecule has 2 unspecified atom stereocenters. The van der Waals surface area contributed by atoms with E-state index < -0.39 is 6.10 Å². The number of piperidine rings is 1. The standard InChI is InChI=1S/C13H18ClNO.ClH/c1-15-9-3-2-4-12(15)13(16)10-5-7-11(14)8-6-10;/h5-8,12-13,16H,2-4,9H2,1H3;1H. The normalized spacial score (nSPS) is 22.9. The average molecular weight is 276 g/mol. The fourth-order valence-electron chi connectivity index (χ4n) is 2.38. The van der Waals surface area contributed by atoms with E-state index in [1.54, 1.807) is 0 Å². The second-order valence-electron chi connectivity index (χ2n) is 4.54. The first kappa shape index (κ1) is 14.8. The molecule has 4 heteroatoms. The Morgan fingerprint density at radius 2 is 1.94 bits per heavy atom. The van der Waals surface area contributed by atoms with Crippen molar-refractivity contribution < 1.29 is 5.11 Å². The van der Waals surface area contributed by atoms with Crippen molar-refractivity contribution in [2.45, 2.75) is 31.4 Å². The molecule has 1 aliphatic heterocycles. The SMILES string of the molecule is CN1CCCCC1C(O)c1ccc(Cl)cc1.Cl. The molecular weight excluding hydrogens is 257 g/mol. The second kappa shape index (κ2) is 6.60. The summed E-state index contributed by atoms with van der Waals surface area (Å²) in [5.74, 6) is 0. The number of likely N-dealkylation sites (N-methyl/N-ethyl adjacent to an activating group) is 1. The Hall–Kier alpha value is -0.280. The summed E-state index contributed by atoms with van der Waals surface area (Å²) in [5.41, 5.74) is 0.961. The molecule has 96 valence electrons. The molecule has 2 atom stereocenters. The number of aliphatic hydroxyl groups excluding tert-OH is 1. The topological polar surface area (TPSA) is 23.5 Å². The van der Waals surface area contributed by atoms with Gasteiger partial charge in [-0.05, 0) is 44.1 Å². The van der Waals surface area contributed by atoms with Crippen molar-refractivity contribution in [2.75, 3.05) is 13.6 Å². The molecule has 2 rings (SSSR count). The molecule has 0 bridgehead atoms. The lowest BCUT2D eigenvalue weighted by atomic mass is 9.93. The lowest BCUT2D eigenvalue weighted by Crippen LogP contribution is -2.40. The van der Waals surface area contributed by atoms with Gasteiger partial charge in [-0.2, -0.15) is 0 Å². The molecule has 1 fully saturated rings. The highest BCUT2D eigenvalue weighted by Gasteiger charge is 2.26. The highest BCUT2D eigenvalue weighted by atomic mass is 35.5. The van der Waals surface area contributed by atoms with Crippen LogP contribution in [-0.2, 0) is 0 Å². The Balaban J connectivity index is 0.00000144. The summed E-state index contributed by atoms with van der Waals surface area (Å²) in [6.45, 7) is 1.08. The van der Waals surface area contributed by atoms with E-state index in [9.17, 15) is 5.11 Å². The smallest absolute Gasteiger partial charge is 0.0945 e. The third-order valence-corrected chi connectivity index (χ3v) is 3.65. The maximum absolute atomic E-state index is 10.3. The minimum absolute atomic E-state index is 0. The van der Waals surface area contributed by atoms with E-state index >= 15 is 0 Å². The highest BCUT2D eigenvalue weighted by Crippen LogP contribution is 2.28. The van der Waals surface area contributed by atoms with E-state index in [0.29, 0.717) is 5.02 Å². The number of halogens is 2. The lowest BCUT2D eigenvalue weighted by molar-refractivity contribution is 0.0403. The van der Waals surface area contributed by atoms with Crippen molar-refractivity contribution in [3.63, 3.8) is 0 Å². The number of hydrogen-bond donors (Lipinski definition) is 1. The molecule has 0 amide bonds. The third kappa shape index (κ3) is 3.59. The molecule has 0 aliphatic carbocycles. The monoisotopic (exact) mass is 275 g/mol. The number of nitrogens with zero attached hydrogens (tertiary/aromatic N) is 1. The summed E-state index contributed by atoms with van der Waals surface area (Å²) in [7, 11) is 2.09. The molecule has 1 aliphatic rings. The van der Waals surface area contributed by atoms with E-state index in [4.69, 9.17) is 11.6 Å². The van der Waals surface area contributed by atoms with Crippen LogP contribution in [0.4, 0.5) is 0 Å². The van der Waals surface area contributed by atoms with Gasteiger partial charge in [0, 0.05) is 11.1 Å². The summed E-state index contributed by atoms with van der Waals surface area (Å²) < 4.78 is 0. The number of likely N-dealkylation sites (tertiary alicyclic amines) is 1. The van der Waals surface area contributed by atoms with Crippen molar-refractivity contribution in [3.8, 4) is 0 Å². The van der Waals surface area contributed by atoms with Crippen LogP contribution in [0.5, 0.6) is 0 Å². The first-order valence-corrected chi connectivity index (χ1v) is 6.20. The molecule has 17 heavy (non-hydrogen) atoms. The quantitative estimate of drug-likeness (QED) is 0.896. The highest BCUT2D eigenvalue weighted by molar-refractivity contribution is 6.30. The molecule has 1 N–H and O–H groups in total. The molecule has 1 aromatic carbocycles. The van der Waals surface area contributed by atoms with Crippen LogP contribution in [0.3, 0.4) is 0 Å². The predicted octanol–water partition coefficient (Wildman–Crippen LogP) is 3.28. The van der Waals surface area contributed by atoms with Crippen LogP contribution in [-0.4, -0.2) is 29.6 Å². The van der Waals surface area contributed by atoms with E-state index in [1.165, 1.54) is 12.8 Å². The van der Waals surface area contributed by atoms with Crippen molar-refractivity contribution in [2.24, 2.45) is 0 Å². The Labute approximate surface area is 114 Å². The molecule has 2 nitrogen and oxygen atoms in total. The van der Waals surface area contributed by atoms with Crippen molar-refractivity contribution >= 4 is 24.0 Å². The van der Waals surface area contributed by atoms with E-state index in [2.05, 4.69) is 11.9 Å². The largest absolute Gasteiger partial charge is 0.387 e. The molecule has 1 heterocycles. The summed E-state index contributed by atoms with van der Waals surface area (Å²) in [5, 5.41) is 11.0. The lowest BCUT2D eigenvalue weighted by Gasteiger charge is -2.35. The zero-order chi connectivity index (χ0) is 11.5. The van der Waals surface area contributed by atoms with E-state index in [1.807, 2.05) is 24.3 Å². The molecule has 0 aromatic heterocycles. The van der Waals surface area contributed by atoms with Gasteiger partial charge in [-0.1, -0.05) is 30.2 Å². The fraction of sp³-hybridized carbons (Fsp3) is 0.538. The third-order valence-electron chi connectivity index (χ3n) is 3.40. The fourth-order valence-corrected chi connectivity index (χ4v) is 2.51. The zero-order valence-corrected chi connectivity index (χ0v) is 11.5. The first-order valence-electron chi connectivity index (χ1n) is 5.82. The van der Waals surface area contributed by atoms with Gasteiger partial charge in [-0.15, -0.1) is 12.4 Å². The van der Waals surface area contributed by atoms with Crippen LogP contribution < -0.4 is 0 Å². The summed E-state index contributed by atoms with van der Waals surface area (Å²) in [6, 6.07) is 7.74. The van der Waals surface area contributed by atoms with Crippen molar-refractivity contribution in [1.29, 1.82) is 0 Å². The van der Waals surface area contributed by atoms with Gasteiger partial charge in [-0.3, -0.25) is 0 Å². The van der Waals surface area contributed by atoms with Gasteiger partial charge < -0.3 is 10.0 Å². The Bertz CT molecular complexity index is 342. The Morgan fingerprint density at radius 1 is 1.29 bits per heavy atom. The minimum atomic E-state index is -0.400. The average Bonchev–Trinajstić information content (AvgIpc) is 2.30. The van der Waals surface area contributed by atoms with Crippen molar-refractivity contribution in [1.82, 2.24) is 4.90 Å². The van der Waals surface area contributed by atoms with Gasteiger partial charge in [0.1, 0.15) is 0 Å². The van der Waals surface area contributed by atoms with Crippen LogP contribution in [0, 0.1) is 0 Å². The maximum atomic E-state index is 10.3. The van der Waals surface area contributed by atoms with Crippen LogP contribution >= 0.6 is 24.0 Å². The van der Waals surface area contributed by atoms with Crippen LogP contribution in [0.15, 0.2) is 24.3 Å². The summed E-state index contributed by atoms with van der Waals surface area (Å²) in [4.78, 5) is 2.25. The van der Waals surface area contributed by atoms with Crippen LogP contribution in [0.2, 0.25) is 5.02 Å². The Morgan fingerprint density at radius 3 is 2.53 bits per heavy atom. The molecule has 0 spiro atoms. The Kier molecular flexibility index (Phi) is 5.74. The molecule has 0 saturated carbocycles.